The number of anilines is 1. The number of carbonyl (C=O) groups excluding carboxylic acids is 1. The molecule has 0 N–H and O–H groups in total. The van der Waals surface area contributed by atoms with Crippen molar-refractivity contribution < 1.29 is 4.79 Å². The number of amides is 1. The molecule has 0 unspecified atom stereocenters. The lowest BCUT2D eigenvalue weighted by atomic mass is 10.3. The number of nitrogens with zero attached hydrogens (tertiary/aromatic N) is 7. The van der Waals surface area contributed by atoms with Crippen molar-refractivity contribution in [3.8, 4) is 5.82 Å². The first-order chi connectivity index (χ1) is 13.2. The van der Waals surface area contributed by atoms with Crippen molar-refractivity contribution in [1.29, 1.82) is 0 Å². The molecule has 1 amide bonds. The van der Waals surface area contributed by atoms with E-state index >= 15 is 0 Å². The summed E-state index contributed by atoms with van der Waals surface area (Å²) in [5, 5.41) is 4.53. The Morgan fingerprint density at radius 3 is 2.59 bits per heavy atom. The van der Waals surface area contributed by atoms with Gasteiger partial charge in [-0.25, -0.2) is 14.6 Å². The topological polar surface area (TPSA) is 79.5 Å². The van der Waals surface area contributed by atoms with Crippen LogP contribution in [0.5, 0.6) is 0 Å². The van der Waals surface area contributed by atoms with Gasteiger partial charge < -0.3 is 9.80 Å². The second-order valence-corrected chi connectivity index (χ2v) is 6.47. The van der Waals surface area contributed by atoms with Crippen molar-refractivity contribution in [3.05, 3.63) is 54.3 Å². The molecular weight excluding hydrogens is 342 g/mol. The SMILES string of the molecule is C=C/C=C(\C=NC)N1Cc2nn(-c3cnc(N4CCCC4)cn3)cc2C1=O. The van der Waals surface area contributed by atoms with Gasteiger partial charge in [0.05, 0.1) is 35.9 Å². The molecule has 0 aliphatic carbocycles. The summed E-state index contributed by atoms with van der Waals surface area (Å²) in [7, 11) is 1.67. The number of hydrogen-bond acceptors (Lipinski definition) is 6. The molecule has 0 spiro atoms. The Morgan fingerprint density at radius 2 is 1.96 bits per heavy atom. The van der Waals surface area contributed by atoms with E-state index < -0.39 is 0 Å². The monoisotopic (exact) mass is 363 g/mol. The first-order valence-corrected chi connectivity index (χ1v) is 8.94. The zero-order valence-corrected chi connectivity index (χ0v) is 15.2. The van der Waals surface area contributed by atoms with Gasteiger partial charge >= 0.3 is 0 Å². The zero-order chi connectivity index (χ0) is 18.8. The van der Waals surface area contributed by atoms with E-state index in [1.807, 2.05) is 0 Å². The third kappa shape index (κ3) is 3.14. The van der Waals surface area contributed by atoms with Crippen LogP contribution in [0, 0.1) is 0 Å². The number of carbonyl (C=O) groups is 1. The van der Waals surface area contributed by atoms with Crippen LogP contribution >= 0.6 is 0 Å². The van der Waals surface area contributed by atoms with Gasteiger partial charge in [0, 0.05) is 32.5 Å². The quantitative estimate of drug-likeness (QED) is 0.600. The minimum atomic E-state index is -0.106. The van der Waals surface area contributed by atoms with Gasteiger partial charge in [-0.3, -0.25) is 9.79 Å². The Balaban J connectivity index is 1.56. The highest BCUT2D eigenvalue weighted by Gasteiger charge is 2.32. The zero-order valence-electron chi connectivity index (χ0n) is 15.2. The second-order valence-electron chi connectivity index (χ2n) is 6.47. The van der Waals surface area contributed by atoms with Gasteiger partial charge in [0.2, 0.25) is 0 Å². The number of allylic oxidation sites excluding steroid dienone is 3. The average Bonchev–Trinajstić information content (AvgIpc) is 3.40. The molecule has 2 aliphatic rings. The van der Waals surface area contributed by atoms with Crippen molar-refractivity contribution in [2.24, 2.45) is 4.99 Å². The second kappa shape index (κ2) is 7.14. The molecule has 1 fully saturated rings. The molecule has 4 rings (SSSR count). The van der Waals surface area contributed by atoms with Crippen LogP contribution in [0.1, 0.15) is 28.9 Å². The summed E-state index contributed by atoms with van der Waals surface area (Å²) in [4.78, 5) is 29.6. The largest absolute Gasteiger partial charge is 0.355 e. The van der Waals surface area contributed by atoms with E-state index in [0.717, 1.165) is 18.9 Å². The van der Waals surface area contributed by atoms with Crippen molar-refractivity contribution in [3.63, 3.8) is 0 Å². The highest BCUT2D eigenvalue weighted by molar-refractivity contribution is 6.02. The molecule has 0 atom stereocenters. The Morgan fingerprint density at radius 1 is 1.22 bits per heavy atom. The summed E-state index contributed by atoms with van der Waals surface area (Å²) in [5.74, 6) is 1.38. The summed E-state index contributed by atoms with van der Waals surface area (Å²) in [6, 6.07) is 0. The molecule has 0 saturated carbocycles. The number of fused-ring (bicyclic) bond motifs is 1. The lowest BCUT2D eigenvalue weighted by molar-refractivity contribution is 0.0833. The maximum Gasteiger partial charge on any atom is 0.262 e. The lowest BCUT2D eigenvalue weighted by Crippen LogP contribution is -2.24. The van der Waals surface area contributed by atoms with Gasteiger partial charge in [-0.2, -0.15) is 5.10 Å². The highest BCUT2D eigenvalue weighted by atomic mass is 16.2. The molecule has 0 radical (unpaired) electrons. The van der Waals surface area contributed by atoms with E-state index in [1.165, 1.54) is 12.8 Å². The van der Waals surface area contributed by atoms with Crippen molar-refractivity contribution in [2.75, 3.05) is 25.0 Å². The van der Waals surface area contributed by atoms with Gasteiger partial charge in [-0.1, -0.05) is 12.7 Å². The van der Waals surface area contributed by atoms with Crippen LogP contribution in [0.4, 0.5) is 5.82 Å². The van der Waals surface area contributed by atoms with Gasteiger partial charge in [0.1, 0.15) is 5.82 Å². The molecule has 138 valence electrons. The number of aliphatic imine (C=N–C) groups is 1. The predicted molar refractivity (Wildman–Crippen MR) is 103 cm³/mol. The Hall–Kier alpha value is -3.29. The molecular formula is C19H21N7O. The van der Waals surface area contributed by atoms with Crippen molar-refractivity contribution in [1.82, 2.24) is 24.6 Å². The molecule has 0 aromatic carbocycles. The fraction of sp³-hybridized carbons (Fsp3) is 0.316. The maximum atomic E-state index is 12.8. The van der Waals surface area contributed by atoms with E-state index in [0.29, 0.717) is 29.3 Å². The van der Waals surface area contributed by atoms with Crippen LogP contribution in [-0.2, 0) is 6.54 Å². The molecule has 2 aliphatic heterocycles. The van der Waals surface area contributed by atoms with Crippen LogP contribution in [0.3, 0.4) is 0 Å². The van der Waals surface area contributed by atoms with E-state index in [9.17, 15) is 4.79 Å². The fourth-order valence-electron chi connectivity index (χ4n) is 3.40. The standard InChI is InChI=1S/C19H21N7O/c1-3-6-14(9-20-2)25-13-16-15(19(25)27)12-26(23-16)18-11-21-17(10-22-18)24-7-4-5-8-24/h3,6,9-12H,1,4-5,7-8,13H2,2H3/b14-6+,20-9?. The molecule has 8 heteroatoms. The minimum absolute atomic E-state index is 0.106. The molecule has 1 saturated heterocycles. The third-order valence-corrected chi connectivity index (χ3v) is 4.73. The maximum absolute atomic E-state index is 12.8. The Kier molecular flexibility index (Phi) is 4.53. The van der Waals surface area contributed by atoms with Crippen molar-refractivity contribution in [2.45, 2.75) is 19.4 Å². The first-order valence-electron chi connectivity index (χ1n) is 8.94. The molecule has 2 aromatic rings. The van der Waals surface area contributed by atoms with E-state index in [1.54, 1.807) is 53.6 Å². The average molecular weight is 363 g/mol. The summed E-state index contributed by atoms with van der Waals surface area (Å²) in [6.45, 7) is 6.13. The van der Waals surface area contributed by atoms with E-state index in [4.69, 9.17) is 0 Å². The number of hydrogen-bond donors (Lipinski definition) is 0. The van der Waals surface area contributed by atoms with Gasteiger partial charge in [-0.05, 0) is 18.9 Å². The van der Waals surface area contributed by atoms with Gasteiger partial charge in [-0.15, -0.1) is 0 Å². The Labute approximate surface area is 157 Å². The molecule has 2 aromatic heterocycles. The molecule has 0 bridgehead atoms. The summed E-state index contributed by atoms with van der Waals surface area (Å²) in [6.07, 6.45) is 12.6. The van der Waals surface area contributed by atoms with E-state index in [2.05, 4.69) is 31.5 Å². The molecule has 8 nitrogen and oxygen atoms in total. The summed E-state index contributed by atoms with van der Waals surface area (Å²) in [5.41, 5.74) is 1.97. The minimum Gasteiger partial charge on any atom is -0.355 e. The van der Waals surface area contributed by atoms with Crippen LogP contribution < -0.4 is 4.90 Å². The predicted octanol–water partition coefficient (Wildman–Crippen LogP) is 1.99. The fourth-order valence-corrected chi connectivity index (χ4v) is 3.40. The first kappa shape index (κ1) is 17.1. The molecule has 4 heterocycles. The van der Waals surface area contributed by atoms with Crippen molar-refractivity contribution >= 4 is 17.9 Å². The van der Waals surface area contributed by atoms with E-state index in [-0.39, 0.29) is 5.91 Å². The van der Waals surface area contributed by atoms with Crippen LogP contribution in [0.25, 0.3) is 5.82 Å². The Bertz CT molecular complexity index is 920. The highest BCUT2D eigenvalue weighted by Crippen LogP contribution is 2.26. The van der Waals surface area contributed by atoms with Gasteiger partial charge in [0.15, 0.2) is 5.82 Å². The number of aromatic nitrogens is 4. The van der Waals surface area contributed by atoms with Crippen LogP contribution in [0.2, 0.25) is 0 Å². The lowest BCUT2D eigenvalue weighted by Gasteiger charge is -2.16. The normalized spacial score (nSPS) is 17.2. The molecule has 27 heavy (non-hydrogen) atoms. The third-order valence-electron chi connectivity index (χ3n) is 4.73. The van der Waals surface area contributed by atoms with Crippen LogP contribution in [0.15, 0.2) is 48.0 Å². The smallest absolute Gasteiger partial charge is 0.262 e. The summed E-state index contributed by atoms with van der Waals surface area (Å²) >= 11 is 0. The van der Waals surface area contributed by atoms with Gasteiger partial charge in [0.25, 0.3) is 5.91 Å². The van der Waals surface area contributed by atoms with Crippen LogP contribution in [-0.4, -0.2) is 56.9 Å². The summed E-state index contributed by atoms with van der Waals surface area (Å²) < 4.78 is 1.62. The number of rotatable bonds is 5.